The largest absolute Gasteiger partial charge is 0.496 e. The highest BCUT2D eigenvalue weighted by Crippen LogP contribution is 2.35. The number of amides is 4. The Morgan fingerprint density at radius 3 is 2.32 bits per heavy atom. The Labute approximate surface area is 308 Å². The summed E-state index contributed by atoms with van der Waals surface area (Å²) in [7, 11) is 5.15. The van der Waals surface area contributed by atoms with Crippen molar-refractivity contribution in [2.75, 3.05) is 45.7 Å². The number of carbonyl (C=O) groups is 3. The molecule has 53 heavy (non-hydrogen) atoms. The van der Waals surface area contributed by atoms with E-state index in [1.807, 2.05) is 53.2 Å². The van der Waals surface area contributed by atoms with E-state index in [9.17, 15) is 19.2 Å². The molecule has 3 aromatic carbocycles. The van der Waals surface area contributed by atoms with Gasteiger partial charge in [0.15, 0.2) is 0 Å². The lowest BCUT2D eigenvalue weighted by Gasteiger charge is -2.40. The molecule has 3 fully saturated rings. The number of urea groups is 1. The van der Waals surface area contributed by atoms with E-state index in [2.05, 4.69) is 27.7 Å². The van der Waals surface area contributed by atoms with Gasteiger partial charge in [-0.2, -0.15) is 0 Å². The number of hydrogen-bond donors (Lipinski definition) is 2. The van der Waals surface area contributed by atoms with Crippen molar-refractivity contribution in [3.63, 3.8) is 0 Å². The zero-order valence-electron chi connectivity index (χ0n) is 30.6. The monoisotopic (exact) mass is 722 g/mol. The van der Waals surface area contributed by atoms with Crippen LogP contribution in [-0.4, -0.2) is 89.5 Å². The number of likely N-dealkylation sites (tertiary alicyclic amines) is 2. The zero-order chi connectivity index (χ0) is 37.2. The fraction of sp³-hybridized carbons (Fsp3) is 0.415. The molecule has 0 bridgehead atoms. The van der Waals surface area contributed by atoms with Crippen LogP contribution in [0, 0.1) is 5.82 Å². The van der Waals surface area contributed by atoms with Gasteiger partial charge in [0.25, 0.3) is 5.56 Å². The molecule has 1 atom stereocenters. The number of rotatable bonds is 8. The summed E-state index contributed by atoms with van der Waals surface area (Å²) < 4.78 is 23.1. The molecule has 0 spiro atoms. The van der Waals surface area contributed by atoms with Crippen LogP contribution in [-0.2, 0) is 23.2 Å². The standard InChI is InChI=1S/C41H47FN6O5/c1-45-24-33(31-6-4-5-7-32(31)40(45)51)28-22-35(42)34(37(23-28)53-3)25-47-18-16-30(17-19-47)46(2)41(52)48-20-14-27(15-21-48)26-8-10-29(11-9-26)43-36-12-13-38(49)44-39(36)50/h4-11,22-24,27,30,36,43H,12-21,25H2,1-3H3,(H,44,49,50). The Hall–Kier alpha value is -5.23. The van der Waals surface area contributed by atoms with Crippen molar-refractivity contribution in [3.05, 3.63) is 94.2 Å². The minimum Gasteiger partial charge on any atom is -0.496 e. The summed E-state index contributed by atoms with van der Waals surface area (Å²) in [5, 5.41) is 6.96. The lowest BCUT2D eigenvalue weighted by molar-refractivity contribution is -0.133. The molecule has 1 unspecified atom stereocenters. The minimum absolute atomic E-state index is 0.0555. The summed E-state index contributed by atoms with van der Waals surface area (Å²) >= 11 is 0. The van der Waals surface area contributed by atoms with Crippen LogP contribution in [0.2, 0.25) is 0 Å². The van der Waals surface area contributed by atoms with Crippen molar-refractivity contribution < 1.29 is 23.5 Å². The topological polar surface area (TPSA) is 116 Å². The number of nitrogens with one attached hydrogen (secondary N) is 2. The average molecular weight is 723 g/mol. The summed E-state index contributed by atoms with van der Waals surface area (Å²) in [5.74, 6) is -0.0478. The highest BCUT2D eigenvalue weighted by atomic mass is 19.1. The molecule has 12 heteroatoms. The predicted molar refractivity (Wildman–Crippen MR) is 202 cm³/mol. The molecular weight excluding hydrogens is 675 g/mol. The third-order valence-electron chi connectivity index (χ3n) is 11.3. The third kappa shape index (κ3) is 7.64. The number of halogens is 1. The molecule has 0 saturated carbocycles. The number of hydrogen-bond acceptors (Lipinski definition) is 7. The average Bonchev–Trinajstić information content (AvgIpc) is 3.18. The summed E-state index contributed by atoms with van der Waals surface area (Å²) in [4.78, 5) is 55.9. The van der Waals surface area contributed by atoms with Gasteiger partial charge in [-0.3, -0.25) is 24.6 Å². The van der Waals surface area contributed by atoms with Gasteiger partial charge >= 0.3 is 6.03 Å². The second-order valence-corrected chi connectivity index (χ2v) is 14.6. The Morgan fingerprint density at radius 1 is 0.943 bits per heavy atom. The van der Waals surface area contributed by atoms with Gasteiger partial charge in [-0.25, -0.2) is 9.18 Å². The summed E-state index contributed by atoms with van der Waals surface area (Å²) in [5.41, 5.74) is 3.87. The first-order valence-corrected chi connectivity index (χ1v) is 18.5. The van der Waals surface area contributed by atoms with Crippen LogP contribution in [0.1, 0.15) is 55.6 Å². The smallest absolute Gasteiger partial charge is 0.319 e. The number of ether oxygens (including phenoxy) is 1. The number of methoxy groups -OCH3 is 1. The van der Waals surface area contributed by atoms with Crippen molar-refractivity contribution in [1.82, 2.24) is 24.6 Å². The van der Waals surface area contributed by atoms with Crippen LogP contribution >= 0.6 is 0 Å². The van der Waals surface area contributed by atoms with E-state index in [0.717, 1.165) is 55.4 Å². The molecule has 278 valence electrons. The van der Waals surface area contributed by atoms with Crippen molar-refractivity contribution in [3.8, 4) is 16.9 Å². The highest BCUT2D eigenvalue weighted by Gasteiger charge is 2.32. The molecule has 3 saturated heterocycles. The maximum absolute atomic E-state index is 15.8. The number of benzene rings is 3. The van der Waals surface area contributed by atoms with Gasteiger partial charge in [0.1, 0.15) is 17.6 Å². The van der Waals surface area contributed by atoms with Crippen LogP contribution in [0.5, 0.6) is 5.75 Å². The molecule has 4 heterocycles. The van der Waals surface area contributed by atoms with E-state index in [1.165, 1.54) is 16.2 Å². The molecule has 3 aliphatic heterocycles. The second-order valence-electron chi connectivity index (χ2n) is 14.6. The van der Waals surface area contributed by atoms with Gasteiger partial charge < -0.3 is 24.4 Å². The fourth-order valence-electron chi connectivity index (χ4n) is 8.10. The van der Waals surface area contributed by atoms with Crippen LogP contribution in [0.25, 0.3) is 21.9 Å². The molecule has 4 amide bonds. The molecular formula is C41H47FN6O5. The number of piperidine rings is 3. The lowest BCUT2D eigenvalue weighted by atomic mass is 9.89. The van der Waals surface area contributed by atoms with Crippen molar-refractivity contribution >= 4 is 34.3 Å². The first-order chi connectivity index (χ1) is 25.6. The van der Waals surface area contributed by atoms with Crippen LogP contribution in [0.15, 0.2) is 71.7 Å². The molecule has 1 aromatic heterocycles. The molecule has 4 aromatic rings. The quantitative estimate of drug-likeness (QED) is 0.232. The van der Waals surface area contributed by atoms with Gasteiger partial charge in [-0.15, -0.1) is 0 Å². The molecule has 7 rings (SSSR count). The summed E-state index contributed by atoms with van der Waals surface area (Å²) in [6.07, 6.45) is 5.91. The predicted octanol–water partition coefficient (Wildman–Crippen LogP) is 5.47. The lowest BCUT2D eigenvalue weighted by Crippen LogP contribution is -2.51. The molecule has 0 aliphatic carbocycles. The Bertz CT molecular complexity index is 2070. The van der Waals surface area contributed by atoms with E-state index in [4.69, 9.17) is 4.74 Å². The molecule has 2 N–H and O–H groups in total. The van der Waals surface area contributed by atoms with Gasteiger partial charge in [0.05, 0.1) is 7.11 Å². The van der Waals surface area contributed by atoms with Crippen LogP contribution in [0.3, 0.4) is 0 Å². The number of aryl methyl sites for hydroxylation is 1. The van der Waals surface area contributed by atoms with Crippen molar-refractivity contribution in [2.24, 2.45) is 7.05 Å². The zero-order valence-corrected chi connectivity index (χ0v) is 30.6. The van der Waals surface area contributed by atoms with Crippen LogP contribution < -0.4 is 20.9 Å². The summed E-state index contributed by atoms with van der Waals surface area (Å²) in [6, 6.07) is 18.6. The number of fused-ring (bicyclic) bond motifs is 1. The Kier molecular flexibility index (Phi) is 10.5. The van der Waals surface area contributed by atoms with E-state index < -0.39 is 6.04 Å². The maximum Gasteiger partial charge on any atom is 0.319 e. The fourth-order valence-corrected chi connectivity index (χ4v) is 8.10. The van der Waals surface area contributed by atoms with Gasteiger partial charge in [-0.1, -0.05) is 30.3 Å². The maximum atomic E-state index is 15.8. The number of aromatic nitrogens is 1. The van der Waals surface area contributed by atoms with Gasteiger partial charge in [-0.05, 0) is 84.9 Å². The molecule has 0 radical (unpaired) electrons. The van der Waals surface area contributed by atoms with E-state index >= 15 is 4.39 Å². The summed E-state index contributed by atoms with van der Waals surface area (Å²) in [6.45, 7) is 3.23. The number of imide groups is 1. The number of carbonyl (C=O) groups excluding carboxylic acids is 3. The first-order valence-electron chi connectivity index (χ1n) is 18.5. The van der Waals surface area contributed by atoms with E-state index in [0.29, 0.717) is 60.7 Å². The second kappa shape index (κ2) is 15.4. The van der Waals surface area contributed by atoms with Crippen molar-refractivity contribution in [2.45, 2.75) is 63.1 Å². The number of anilines is 1. The first kappa shape index (κ1) is 36.1. The number of pyridine rings is 1. The SMILES string of the molecule is COc1cc(-c2cn(C)c(=O)c3ccccc23)cc(F)c1CN1CCC(N(C)C(=O)N2CCC(c3ccc(NC4CCC(=O)NC4=O)cc3)CC2)CC1. The normalized spacial score (nSPS) is 18.9. The number of nitrogens with zero attached hydrogens (tertiary/aromatic N) is 4. The molecule has 3 aliphatic rings. The van der Waals surface area contributed by atoms with E-state index in [1.54, 1.807) is 26.4 Å². The minimum atomic E-state index is -0.414. The highest BCUT2D eigenvalue weighted by molar-refractivity contribution is 6.01. The van der Waals surface area contributed by atoms with Crippen LogP contribution in [0.4, 0.5) is 14.9 Å². The Morgan fingerprint density at radius 2 is 1.64 bits per heavy atom. The molecule has 11 nitrogen and oxygen atoms in total. The van der Waals surface area contributed by atoms with E-state index in [-0.39, 0.29) is 35.3 Å². The Balaban J connectivity index is 0.912. The van der Waals surface area contributed by atoms with Gasteiger partial charge in [0.2, 0.25) is 11.8 Å². The third-order valence-corrected chi connectivity index (χ3v) is 11.3. The van der Waals surface area contributed by atoms with Gasteiger partial charge in [0, 0.05) is 87.7 Å². The van der Waals surface area contributed by atoms with Crippen molar-refractivity contribution in [1.29, 1.82) is 0 Å².